The fraction of sp³-hybridized carbons (Fsp3) is 0.944. The normalized spacial score (nSPS) is 12.6. The van der Waals surface area contributed by atoms with Gasteiger partial charge in [-0.3, -0.25) is 14.4 Å². The molecule has 1 unspecified atom stereocenters. The second-order valence-electron chi connectivity index (χ2n) is 19.7. The van der Waals surface area contributed by atoms with Crippen molar-refractivity contribution < 1.29 is 28.6 Å². The number of ether oxygens (including phenoxy) is 3. The van der Waals surface area contributed by atoms with Gasteiger partial charge in [-0.15, -0.1) is 0 Å². The van der Waals surface area contributed by atoms with Crippen molar-refractivity contribution in [2.75, 3.05) is 13.2 Å². The van der Waals surface area contributed by atoms with Crippen LogP contribution in [0.5, 0.6) is 0 Å². The average molecular weight is 849 g/mol. The third kappa shape index (κ3) is 45.9. The largest absolute Gasteiger partial charge is 0.462 e. The second-order valence-corrected chi connectivity index (χ2v) is 19.7. The second kappa shape index (κ2) is 45.4. The number of hydrogen-bond acceptors (Lipinski definition) is 6. The summed E-state index contributed by atoms with van der Waals surface area (Å²) in [7, 11) is 0. The van der Waals surface area contributed by atoms with E-state index in [2.05, 4.69) is 41.5 Å². The standard InChI is InChI=1S/C54H104O6/c1-7-50(6)42-36-30-26-27-32-38-44-53(56)59-47-51(60-54(57)45-39-33-25-21-17-13-12-15-19-23-29-35-41-49(4)5)46-58-52(55)43-37-31-24-20-16-11-9-8-10-14-18-22-28-34-40-48(2)3/h48-51H,7-47H2,1-6H3/t50?,51-/m0/s1. The first-order chi connectivity index (χ1) is 29.1. The van der Waals surface area contributed by atoms with Crippen LogP contribution in [-0.4, -0.2) is 37.2 Å². The van der Waals surface area contributed by atoms with Crippen molar-refractivity contribution in [1.82, 2.24) is 0 Å². The number of carbonyl (C=O) groups is 3. The van der Waals surface area contributed by atoms with Crippen molar-refractivity contribution in [3.05, 3.63) is 0 Å². The Morgan fingerprint density at radius 3 is 0.867 bits per heavy atom. The van der Waals surface area contributed by atoms with Gasteiger partial charge in [0.1, 0.15) is 13.2 Å². The van der Waals surface area contributed by atoms with Crippen LogP contribution in [0.1, 0.15) is 292 Å². The molecule has 0 aromatic carbocycles. The summed E-state index contributed by atoms with van der Waals surface area (Å²) in [6.07, 6.45) is 45.2. The molecule has 0 saturated carbocycles. The molecule has 0 bridgehead atoms. The van der Waals surface area contributed by atoms with E-state index in [-0.39, 0.29) is 31.1 Å². The van der Waals surface area contributed by atoms with Crippen molar-refractivity contribution in [3.8, 4) is 0 Å². The zero-order valence-corrected chi connectivity index (χ0v) is 41.3. The molecule has 0 spiro atoms. The summed E-state index contributed by atoms with van der Waals surface area (Å²) >= 11 is 0. The van der Waals surface area contributed by atoms with Gasteiger partial charge in [0.25, 0.3) is 0 Å². The third-order valence-corrected chi connectivity index (χ3v) is 12.5. The fourth-order valence-electron chi connectivity index (χ4n) is 8.08. The summed E-state index contributed by atoms with van der Waals surface area (Å²) in [5.74, 6) is 1.64. The van der Waals surface area contributed by atoms with Gasteiger partial charge < -0.3 is 14.2 Å². The monoisotopic (exact) mass is 849 g/mol. The molecule has 0 rings (SSSR count). The SMILES string of the molecule is CCC(C)CCCCCCCCC(=O)OC[C@H](COC(=O)CCCCCCCCCCCCCCCCC(C)C)OC(=O)CCCCCCCCCCCCCCC(C)C. The lowest BCUT2D eigenvalue weighted by atomic mass is 10.00. The molecular weight excluding hydrogens is 745 g/mol. The number of rotatable bonds is 47. The van der Waals surface area contributed by atoms with Crippen LogP contribution in [0, 0.1) is 17.8 Å². The van der Waals surface area contributed by atoms with E-state index in [0.29, 0.717) is 19.3 Å². The highest BCUT2D eigenvalue weighted by Crippen LogP contribution is 2.18. The zero-order valence-electron chi connectivity index (χ0n) is 41.3. The zero-order chi connectivity index (χ0) is 44.2. The highest BCUT2D eigenvalue weighted by atomic mass is 16.6. The van der Waals surface area contributed by atoms with Crippen LogP contribution in [0.3, 0.4) is 0 Å². The molecule has 0 aliphatic rings. The Hall–Kier alpha value is -1.59. The summed E-state index contributed by atoms with van der Waals surface area (Å²) in [6, 6.07) is 0. The van der Waals surface area contributed by atoms with Crippen LogP contribution in [0.4, 0.5) is 0 Å². The molecule has 0 radical (unpaired) electrons. The Morgan fingerprint density at radius 1 is 0.333 bits per heavy atom. The Balaban J connectivity index is 4.28. The molecule has 0 aromatic heterocycles. The number of carbonyl (C=O) groups excluding carboxylic acids is 3. The van der Waals surface area contributed by atoms with E-state index in [1.807, 2.05) is 0 Å². The molecule has 0 aromatic rings. The van der Waals surface area contributed by atoms with Gasteiger partial charge >= 0.3 is 17.9 Å². The quantitative estimate of drug-likeness (QED) is 0.0345. The lowest BCUT2D eigenvalue weighted by Gasteiger charge is -2.18. The molecule has 356 valence electrons. The van der Waals surface area contributed by atoms with Gasteiger partial charge in [0.05, 0.1) is 0 Å². The molecule has 0 N–H and O–H groups in total. The molecule has 0 heterocycles. The van der Waals surface area contributed by atoms with Crippen LogP contribution < -0.4 is 0 Å². The van der Waals surface area contributed by atoms with Gasteiger partial charge in [0.15, 0.2) is 6.10 Å². The molecule has 60 heavy (non-hydrogen) atoms. The molecule has 0 aliphatic carbocycles. The van der Waals surface area contributed by atoms with Crippen LogP contribution in [0.25, 0.3) is 0 Å². The van der Waals surface area contributed by atoms with E-state index in [1.165, 1.54) is 173 Å². The first-order valence-corrected chi connectivity index (χ1v) is 26.6. The Morgan fingerprint density at radius 2 is 0.583 bits per heavy atom. The van der Waals surface area contributed by atoms with Crippen LogP contribution >= 0.6 is 0 Å². The van der Waals surface area contributed by atoms with Gasteiger partial charge in [-0.25, -0.2) is 0 Å². The first kappa shape index (κ1) is 58.4. The summed E-state index contributed by atoms with van der Waals surface area (Å²) in [6.45, 7) is 13.7. The van der Waals surface area contributed by atoms with E-state index in [4.69, 9.17) is 14.2 Å². The molecule has 2 atom stereocenters. The Kier molecular flexibility index (Phi) is 44.2. The van der Waals surface area contributed by atoms with Gasteiger partial charge in [-0.2, -0.15) is 0 Å². The van der Waals surface area contributed by atoms with Crippen molar-refractivity contribution in [3.63, 3.8) is 0 Å². The summed E-state index contributed by atoms with van der Waals surface area (Å²) < 4.78 is 16.8. The highest BCUT2D eigenvalue weighted by molar-refractivity contribution is 5.71. The maximum atomic E-state index is 12.8. The molecule has 0 saturated heterocycles. The van der Waals surface area contributed by atoms with E-state index < -0.39 is 6.10 Å². The van der Waals surface area contributed by atoms with Crippen LogP contribution in [0.2, 0.25) is 0 Å². The van der Waals surface area contributed by atoms with Crippen molar-refractivity contribution in [2.45, 2.75) is 298 Å². The number of unbranched alkanes of at least 4 members (excludes halogenated alkanes) is 29. The summed E-state index contributed by atoms with van der Waals surface area (Å²) in [5, 5.41) is 0. The lowest BCUT2D eigenvalue weighted by Crippen LogP contribution is -2.30. The van der Waals surface area contributed by atoms with Crippen LogP contribution in [-0.2, 0) is 28.6 Å². The smallest absolute Gasteiger partial charge is 0.306 e. The summed E-state index contributed by atoms with van der Waals surface area (Å²) in [4.78, 5) is 38.0. The van der Waals surface area contributed by atoms with Gasteiger partial charge in [0.2, 0.25) is 0 Å². The van der Waals surface area contributed by atoms with E-state index in [9.17, 15) is 14.4 Å². The van der Waals surface area contributed by atoms with E-state index >= 15 is 0 Å². The van der Waals surface area contributed by atoms with E-state index in [0.717, 1.165) is 75.5 Å². The Bertz CT molecular complexity index is 931. The minimum absolute atomic E-state index is 0.0649. The third-order valence-electron chi connectivity index (χ3n) is 12.5. The molecular formula is C54H104O6. The van der Waals surface area contributed by atoms with Crippen LogP contribution in [0.15, 0.2) is 0 Å². The fourth-order valence-corrected chi connectivity index (χ4v) is 8.08. The van der Waals surface area contributed by atoms with Crippen molar-refractivity contribution in [2.24, 2.45) is 17.8 Å². The maximum absolute atomic E-state index is 12.8. The minimum atomic E-state index is -0.763. The van der Waals surface area contributed by atoms with Crippen molar-refractivity contribution in [1.29, 1.82) is 0 Å². The first-order valence-electron chi connectivity index (χ1n) is 26.6. The molecule has 0 aliphatic heterocycles. The predicted octanol–water partition coefficient (Wildman–Crippen LogP) is 17.2. The molecule has 6 heteroatoms. The average Bonchev–Trinajstić information content (AvgIpc) is 3.22. The molecule has 0 fully saturated rings. The topological polar surface area (TPSA) is 78.9 Å². The van der Waals surface area contributed by atoms with Gasteiger partial charge in [-0.05, 0) is 37.0 Å². The highest BCUT2D eigenvalue weighted by Gasteiger charge is 2.19. The summed E-state index contributed by atoms with van der Waals surface area (Å²) in [5.41, 5.74) is 0. The maximum Gasteiger partial charge on any atom is 0.306 e. The minimum Gasteiger partial charge on any atom is -0.462 e. The number of esters is 3. The molecule has 6 nitrogen and oxygen atoms in total. The lowest BCUT2D eigenvalue weighted by molar-refractivity contribution is -0.167. The van der Waals surface area contributed by atoms with E-state index in [1.54, 1.807) is 0 Å². The van der Waals surface area contributed by atoms with Gasteiger partial charge in [-0.1, -0.05) is 253 Å². The number of hydrogen-bond donors (Lipinski definition) is 0. The molecule has 0 amide bonds. The predicted molar refractivity (Wildman–Crippen MR) is 256 cm³/mol. The van der Waals surface area contributed by atoms with Gasteiger partial charge in [0, 0.05) is 19.3 Å². The van der Waals surface area contributed by atoms with Crippen molar-refractivity contribution >= 4 is 17.9 Å². The Labute approximate surface area is 374 Å².